The topological polar surface area (TPSA) is 49.3 Å². The highest BCUT2D eigenvalue weighted by molar-refractivity contribution is 5.91. The number of amides is 1. The number of carbonyl (C=O) groups is 1. The molecule has 1 fully saturated rings. The van der Waals surface area contributed by atoms with E-state index in [0.717, 1.165) is 24.8 Å². The fraction of sp³-hybridized carbons (Fsp3) is 0.438. The molecule has 19 heavy (non-hydrogen) atoms. The van der Waals surface area contributed by atoms with Gasteiger partial charge in [-0.15, -0.1) is 0 Å². The molecule has 2 atom stereocenters. The molecule has 0 aliphatic heterocycles. The van der Waals surface area contributed by atoms with Gasteiger partial charge in [0.05, 0.1) is 0 Å². The van der Waals surface area contributed by atoms with Crippen LogP contribution >= 0.6 is 0 Å². The zero-order valence-electron chi connectivity index (χ0n) is 11.1. The number of benzene rings is 1. The number of aliphatic hydroxyl groups is 1. The van der Waals surface area contributed by atoms with Crippen molar-refractivity contribution >= 4 is 12.0 Å². The van der Waals surface area contributed by atoms with Crippen molar-refractivity contribution in [3.63, 3.8) is 0 Å². The molecule has 2 rings (SSSR count). The normalized spacial score (nSPS) is 22.8. The van der Waals surface area contributed by atoms with Gasteiger partial charge >= 0.3 is 0 Å². The Labute approximate surface area is 114 Å². The Morgan fingerprint density at radius 1 is 1.26 bits per heavy atom. The van der Waals surface area contributed by atoms with Crippen LogP contribution in [0.15, 0.2) is 36.4 Å². The molecule has 3 heteroatoms. The summed E-state index contributed by atoms with van der Waals surface area (Å²) < 4.78 is 0. The molecule has 1 aliphatic rings. The molecular weight excluding hydrogens is 238 g/mol. The van der Waals surface area contributed by atoms with Crippen LogP contribution in [0.4, 0.5) is 0 Å². The molecule has 0 radical (unpaired) electrons. The second-order valence-electron chi connectivity index (χ2n) is 5.12. The molecule has 2 N–H and O–H groups in total. The second kappa shape index (κ2) is 7.10. The summed E-state index contributed by atoms with van der Waals surface area (Å²) in [6.45, 7) is 0.906. The summed E-state index contributed by atoms with van der Waals surface area (Å²) in [6, 6.07) is 9.77. The van der Waals surface area contributed by atoms with E-state index in [0.29, 0.717) is 18.4 Å². The first-order valence-electron chi connectivity index (χ1n) is 6.91. The Bertz CT molecular complexity index is 428. The number of hydrogen-bond acceptors (Lipinski definition) is 2. The predicted octanol–water partition coefficient (Wildman–Crippen LogP) is 2.22. The molecule has 2 unspecified atom stereocenters. The first-order chi connectivity index (χ1) is 9.29. The van der Waals surface area contributed by atoms with Crippen molar-refractivity contribution in [1.82, 2.24) is 5.32 Å². The Kier molecular flexibility index (Phi) is 5.16. The maximum Gasteiger partial charge on any atom is 0.244 e. The maximum absolute atomic E-state index is 11.7. The van der Waals surface area contributed by atoms with Gasteiger partial charge in [-0.05, 0) is 36.3 Å². The lowest BCUT2D eigenvalue weighted by atomic mass is 9.97. The van der Waals surface area contributed by atoms with Crippen LogP contribution < -0.4 is 5.32 Å². The number of nitrogens with one attached hydrogen (secondary N) is 1. The Balaban J connectivity index is 1.77. The molecule has 0 heterocycles. The van der Waals surface area contributed by atoms with E-state index in [2.05, 4.69) is 5.32 Å². The van der Waals surface area contributed by atoms with Crippen molar-refractivity contribution in [2.24, 2.45) is 11.8 Å². The van der Waals surface area contributed by atoms with Crippen molar-refractivity contribution in [2.45, 2.75) is 19.3 Å². The molecule has 0 aromatic heterocycles. The fourth-order valence-corrected chi connectivity index (χ4v) is 2.65. The molecule has 1 aliphatic carbocycles. The lowest BCUT2D eigenvalue weighted by molar-refractivity contribution is -0.116. The summed E-state index contributed by atoms with van der Waals surface area (Å²) in [4.78, 5) is 11.7. The molecule has 1 aromatic rings. The highest BCUT2D eigenvalue weighted by Crippen LogP contribution is 2.30. The van der Waals surface area contributed by atoms with Gasteiger partial charge in [0.1, 0.15) is 0 Å². The van der Waals surface area contributed by atoms with Crippen LogP contribution in [-0.2, 0) is 4.79 Å². The molecule has 1 amide bonds. The van der Waals surface area contributed by atoms with Gasteiger partial charge in [0, 0.05) is 19.2 Å². The van der Waals surface area contributed by atoms with E-state index < -0.39 is 0 Å². The molecule has 0 spiro atoms. The zero-order chi connectivity index (χ0) is 13.5. The van der Waals surface area contributed by atoms with Gasteiger partial charge in [0.25, 0.3) is 0 Å². The summed E-state index contributed by atoms with van der Waals surface area (Å²) in [6.07, 6.45) is 6.72. The van der Waals surface area contributed by atoms with Gasteiger partial charge in [0.2, 0.25) is 5.91 Å². The van der Waals surface area contributed by atoms with E-state index in [1.54, 1.807) is 6.08 Å². The first kappa shape index (κ1) is 13.8. The molecule has 1 aromatic carbocycles. The van der Waals surface area contributed by atoms with E-state index in [1.807, 2.05) is 36.4 Å². The summed E-state index contributed by atoms with van der Waals surface area (Å²) in [5.41, 5.74) is 1.02. The van der Waals surface area contributed by atoms with Crippen LogP contribution in [0.25, 0.3) is 6.08 Å². The van der Waals surface area contributed by atoms with Gasteiger partial charge in [-0.1, -0.05) is 36.8 Å². The molecule has 102 valence electrons. The minimum absolute atomic E-state index is 0.0626. The van der Waals surface area contributed by atoms with Gasteiger partial charge in [-0.3, -0.25) is 4.79 Å². The molecule has 0 bridgehead atoms. The lowest BCUT2D eigenvalue weighted by Crippen LogP contribution is -2.30. The minimum Gasteiger partial charge on any atom is -0.396 e. The summed E-state index contributed by atoms with van der Waals surface area (Å²) in [5, 5.41) is 12.1. The maximum atomic E-state index is 11.7. The third kappa shape index (κ3) is 4.21. The quantitative estimate of drug-likeness (QED) is 0.797. The van der Waals surface area contributed by atoms with E-state index in [9.17, 15) is 9.90 Å². The first-order valence-corrected chi connectivity index (χ1v) is 6.91. The third-order valence-electron chi connectivity index (χ3n) is 3.82. The Hall–Kier alpha value is -1.61. The minimum atomic E-state index is -0.0626. The van der Waals surface area contributed by atoms with Crippen LogP contribution in [0.3, 0.4) is 0 Å². The average molecular weight is 259 g/mol. The highest BCUT2D eigenvalue weighted by Gasteiger charge is 2.26. The van der Waals surface area contributed by atoms with Gasteiger partial charge in [0.15, 0.2) is 0 Å². The van der Waals surface area contributed by atoms with E-state index in [-0.39, 0.29) is 12.5 Å². The largest absolute Gasteiger partial charge is 0.396 e. The number of hydrogen-bond donors (Lipinski definition) is 2. The van der Waals surface area contributed by atoms with Crippen molar-refractivity contribution in [3.8, 4) is 0 Å². The van der Waals surface area contributed by atoms with E-state index >= 15 is 0 Å². The third-order valence-corrected chi connectivity index (χ3v) is 3.82. The van der Waals surface area contributed by atoms with Gasteiger partial charge in [-0.2, -0.15) is 0 Å². The van der Waals surface area contributed by atoms with Crippen molar-refractivity contribution in [3.05, 3.63) is 42.0 Å². The Morgan fingerprint density at radius 3 is 2.74 bits per heavy atom. The standard InChI is InChI=1S/C16H21NO2/c18-12-15-8-4-7-14(15)11-17-16(19)10-9-13-5-2-1-3-6-13/h1-3,5-6,9-10,14-15,18H,4,7-8,11-12H2,(H,17,19). The van der Waals surface area contributed by atoms with Crippen molar-refractivity contribution < 1.29 is 9.90 Å². The van der Waals surface area contributed by atoms with Crippen LogP contribution in [0.5, 0.6) is 0 Å². The second-order valence-corrected chi connectivity index (χ2v) is 5.12. The average Bonchev–Trinajstić information content (AvgIpc) is 2.91. The van der Waals surface area contributed by atoms with Crippen molar-refractivity contribution in [2.75, 3.05) is 13.2 Å². The molecule has 3 nitrogen and oxygen atoms in total. The van der Waals surface area contributed by atoms with E-state index in [4.69, 9.17) is 0 Å². The fourth-order valence-electron chi connectivity index (χ4n) is 2.65. The highest BCUT2D eigenvalue weighted by atomic mass is 16.3. The number of aliphatic hydroxyl groups excluding tert-OH is 1. The number of rotatable bonds is 5. The summed E-state index contributed by atoms with van der Waals surface area (Å²) in [7, 11) is 0. The zero-order valence-corrected chi connectivity index (χ0v) is 11.1. The van der Waals surface area contributed by atoms with Gasteiger partial charge in [-0.25, -0.2) is 0 Å². The summed E-state index contributed by atoms with van der Waals surface area (Å²) >= 11 is 0. The Morgan fingerprint density at radius 2 is 2.00 bits per heavy atom. The van der Waals surface area contributed by atoms with Crippen LogP contribution in [0.1, 0.15) is 24.8 Å². The predicted molar refractivity (Wildman–Crippen MR) is 76.4 cm³/mol. The van der Waals surface area contributed by atoms with Crippen LogP contribution in [0.2, 0.25) is 0 Å². The molecule has 0 saturated heterocycles. The number of carbonyl (C=O) groups excluding carboxylic acids is 1. The SMILES string of the molecule is O=C(C=Cc1ccccc1)NCC1CCCC1CO. The van der Waals surface area contributed by atoms with Crippen LogP contribution in [0, 0.1) is 11.8 Å². The smallest absolute Gasteiger partial charge is 0.244 e. The lowest BCUT2D eigenvalue weighted by Gasteiger charge is -2.17. The van der Waals surface area contributed by atoms with Gasteiger partial charge < -0.3 is 10.4 Å². The monoisotopic (exact) mass is 259 g/mol. The summed E-state index contributed by atoms with van der Waals surface area (Å²) in [5.74, 6) is 0.727. The van der Waals surface area contributed by atoms with Crippen LogP contribution in [-0.4, -0.2) is 24.2 Å². The molecule has 1 saturated carbocycles. The molecular formula is C16H21NO2. The van der Waals surface area contributed by atoms with E-state index in [1.165, 1.54) is 0 Å². The van der Waals surface area contributed by atoms with Crippen molar-refractivity contribution in [1.29, 1.82) is 0 Å².